The van der Waals surface area contributed by atoms with Gasteiger partial charge in [-0.15, -0.1) is 0 Å². The normalized spacial score (nSPS) is 15.7. The van der Waals surface area contributed by atoms with Crippen LogP contribution < -0.4 is 4.74 Å². The van der Waals surface area contributed by atoms with Crippen LogP contribution in [0, 0.1) is 7.14 Å². The summed E-state index contributed by atoms with van der Waals surface area (Å²) >= 11 is 5.45. The van der Waals surface area contributed by atoms with Crippen LogP contribution in [0.1, 0.15) is 18.1 Å². The predicted molar refractivity (Wildman–Crippen MR) is 126 cm³/mol. The van der Waals surface area contributed by atoms with Gasteiger partial charge in [-0.05, 0) is 94.1 Å². The van der Waals surface area contributed by atoms with E-state index in [0.717, 1.165) is 35.8 Å². The number of nitrogens with zero attached hydrogens (tertiary/aromatic N) is 1. The van der Waals surface area contributed by atoms with Crippen molar-refractivity contribution in [1.82, 2.24) is 4.90 Å². The van der Waals surface area contributed by atoms with E-state index in [2.05, 4.69) is 45.2 Å². The first-order valence-electron chi connectivity index (χ1n) is 8.40. The summed E-state index contributed by atoms with van der Waals surface area (Å²) in [4.78, 5) is 26.9. The molecule has 1 heterocycles. The molecule has 1 aliphatic rings. The lowest BCUT2D eigenvalue weighted by atomic mass is 10.1. The summed E-state index contributed by atoms with van der Waals surface area (Å²) in [5.74, 6) is 0.506. The van der Waals surface area contributed by atoms with Gasteiger partial charge in [0.15, 0.2) is 0 Å². The van der Waals surface area contributed by atoms with Gasteiger partial charge in [0.1, 0.15) is 5.75 Å². The molecule has 140 valence electrons. The van der Waals surface area contributed by atoms with Crippen LogP contribution in [0.4, 0.5) is 4.79 Å². The Kier molecular flexibility index (Phi) is 7.21. The Morgan fingerprint density at radius 1 is 1.15 bits per heavy atom. The molecule has 0 atom stereocenters. The number of benzene rings is 2. The molecule has 2 aromatic rings. The molecule has 1 fully saturated rings. The molecule has 4 nitrogen and oxygen atoms in total. The maximum absolute atomic E-state index is 12.8. The van der Waals surface area contributed by atoms with Gasteiger partial charge in [0.05, 0.1) is 15.1 Å². The van der Waals surface area contributed by atoms with Crippen LogP contribution in [0.2, 0.25) is 0 Å². The zero-order chi connectivity index (χ0) is 19.4. The van der Waals surface area contributed by atoms with Crippen molar-refractivity contribution >= 4 is 74.2 Å². The van der Waals surface area contributed by atoms with Crippen LogP contribution in [0.15, 0.2) is 47.4 Å². The van der Waals surface area contributed by atoms with Gasteiger partial charge in [0.25, 0.3) is 11.1 Å². The molecule has 0 unspecified atom stereocenters. The zero-order valence-corrected chi connectivity index (χ0v) is 19.7. The first kappa shape index (κ1) is 20.7. The van der Waals surface area contributed by atoms with Crippen LogP contribution in [0.3, 0.4) is 0 Å². The molecule has 27 heavy (non-hydrogen) atoms. The fourth-order valence-electron chi connectivity index (χ4n) is 2.70. The van der Waals surface area contributed by atoms with E-state index in [1.807, 2.05) is 49.4 Å². The minimum Gasteiger partial charge on any atom is -0.492 e. The van der Waals surface area contributed by atoms with Crippen molar-refractivity contribution < 1.29 is 14.3 Å². The first-order chi connectivity index (χ1) is 13.0. The van der Waals surface area contributed by atoms with Crippen LogP contribution in [-0.4, -0.2) is 29.2 Å². The van der Waals surface area contributed by atoms with Crippen LogP contribution in [0.5, 0.6) is 5.75 Å². The van der Waals surface area contributed by atoms with Crippen molar-refractivity contribution in [3.63, 3.8) is 0 Å². The summed E-state index contributed by atoms with van der Waals surface area (Å²) in [5, 5.41) is -0.222. The van der Waals surface area contributed by atoms with Crippen molar-refractivity contribution in [2.24, 2.45) is 0 Å². The second-order valence-corrected chi connectivity index (χ2v) is 9.21. The van der Waals surface area contributed by atoms with Crippen LogP contribution >= 0.6 is 56.9 Å². The maximum Gasteiger partial charge on any atom is 0.293 e. The molecule has 0 N–H and O–H groups in total. The Balaban J connectivity index is 1.82. The molecule has 0 aromatic heterocycles. The van der Waals surface area contributed by atoms with Gasteiger partial charge in [-0.25, -0.2) is 0 Å². The maximum atomic E-state index is 12.8. The first-order valence-corrected chi connectivity index (χ1v) is 11.4. The van der Waals surface area contributed by atoms with Gasteiger partial charge in [0, 0.05) is 15.7 Å². The molecular weight excluding hydrogens is 588 g/mol. The molecule has 7 heteroatoms. The lowest BCUT2D eigenvalue weighted by molar-refractivity contribution is -0.122. The molecule has 1 saturated heterocycles. The Labute approximate surface area is 190 Å². The highest BCUT2D eigenvalue weighted by Gasteiger charge is 2.34. The molecule has 0 bridgehead atoms. The highest BCUT2D eigenvalue weighted by Crippen LogP contribution is 2.36. The summed E-state index contributed by atoms with van der Waals surface area (Å²) < 4.78 is 7.79. The van der Waals surface area contributed by atoms with Crippen molar-refractivity contribution in [3.8, 4) is 5.75 Å². The monoisotopic (exact) mass is 605 g/mol. The van der Waals surface area contributed by atoms with Gasteiger partial charge in [-0.3, -0.25) is 14.5 Å². The smallest absolute Gasteiger partial charge is 0.293 e. The summed E-state index contributed by atoms with van der Waals surface area (Å²) in [6, 6.07) is 13.8. The number of ether oxygens (including phenoxy) is 1. The number of carbonyl (C=O) groups is 2. The molecule has 2 amide bonds. The number of thioether (sulfide) groups is 1. The van der Waals surface area contributed by atoms with E-state index in [1.165, 1.54) is 4.90 Å². The molecule has 0 spiro atoms. The summed E-state index contributed by atoms with van der Waals surface area (Å²) in [5.41, 5.74) is 1.92. The summed E-state index contributed by atoms with van der Waals surface area (Å²) in [6.45, 7) is 2.85. The molecule has 3 rings (SSSR count). The van der Waals surface area contributed by atoms with Gasteiger partial charge in [-0.1, -0.05) is 30.3 Å². The zero-order valence-electron chi connectivity index (χ0n) is 14.6. The highest BCUT2D eigenvalue weighted by atomic mass is 127. The molecular formula is C20H17I2NO3S. The number of hydrogen-bond donors (Lipinski definition) is 0. The molecule has 0 aliphatic carbocycles. The van der Waals surface area contributed by atoms with E-state index in [9.17, 15) is 9.59 Å². The number of hydrogen-bond acceptors (Lipinski definition) is 4. The Hall–Kier alpha value is -1.07. The largest absolute Gasteiger partial charge is 0.492 e. The average Bonchev–Trinajstić information content (AvgIpc) is 2.90. The van der Waals surface area contributed by atoms with Gasteiger partial charge < -0.3 is 4.74 Å². The van der Waals surface area contributed by atoms with E-state index in [4.69, 9.17) is 4.74 Å². The minimum absolute atomic E-state index is 0.222. The molecule has 2 aromatic carbocycles. The highest BCUT2D eigenvalue weighted by molar-refractivity contribution is 14.1. The standard InChI is InChI=1S/C20H17I2NO3S/c1-2-26-18-14(10-15(21)12-16(18)22)11-17-19(24)23(20(25)27-17)9-8-13-6-4-3-5-7-13/h3-7,10-12H,2,8-9H2,1H3/b17-11+. The number of imide groups is 1. The van der Waals surface area contributed by atoms with Crippen molar-refractivity contribution in [2.75, 3.05) is 13.2 Å². The molecule has 0 radical (unpaired) electrons. The second-order valence-electron chi connectivity index (χ2n) is 5.81. The predicted octanol–water partition coefficient (Wildman–Crippen LogP) is 5.57. The van der Waals surface area contributed by atoms with Crippen LogP contribution in [0.25, 0.3) is 6.08 Å². The van der Waals surface area contributed by atoms with E-state index in [0.29, 0.717) is 24.5 Å². The van der Waals surface area contributed by atoms with E-state index in [1.54, 1.807) is 6.08 Å². The third-order valence-electron chi connectivity index (χ3n) is 3.95. The van der Waals surface area contributed by atoms with Crippen molar-refractivity contribution in [2.45, 2.75) is 13.3 Å². The Morgan fingerprint density at radius 3 is 2.59 bits per heavy atom. The average molecular weight is 605 g/mol. The molecule has 0 saturated carbocycles. The fraction of sp³-hybridized carbons (Fsp3) is 0.200. The summed E-state index contributed by atoms with van der Waals surface area (Å²) in [7, 11) is 0. The lowest BCUT2D eigenvalue weighted by Crippen LogP contribution is -2.30. The number of amides is 2. The van der Waals surface area contributed by atoms with Gasteiger partial charge in [-0.2, -0.15) is 0 Å². The Morgan fingerprint density at radius 2 is 1.89 bits per heavy atom. The Bertz CT molecular complexity index is 900. The van der Waals surface area contributed by atoms with Crippen molar-refractivity contribution in [1.29, 1.82) is 0 Å². The topological polar surface area (TPSA) is 46.6 Å². The van der Waals surface area contributed by atoms with E-state index in [-0.39, 0.29) is 11.1 Å². The quantitative estimate of drug-likeness (QED) is 0.319. The third-order valence-corrected chi connectivity index (χ3v) is 6.28. The van der Waals surface area contributed by atoms with Gasteiger partial charge in [0.2, 0.25) is 0 Å². The van der Waals surface area contributed by atoms with Gasteiger partial charge >= 0.3 is 0 Å². The number of rotatable bonds is 6. The second kappa shape index (κ2) is 9.42. The van der Waals surface area contributed by atoms with Crippen molar-refractivity contribution in [3.05, 3.63) is 65.6 Å². The molecule has 1 aliphatic heterocycles. The third kappa shape index (κ3) is 5.05. The number of carbonyl (C=O) groups excluding carboxylic acids is 2. The number of halogens is 2. The van der Waals surface area contributed by atoms with Crippen LogP contribution in [-0.2, 0) is 11.2 Å². The van der Waals surface area contributed by atoms with E-state index >= 15 is 0 Å². The van der Waals surface area contributed by atoms with E-state index < -0.39 is 0 Å². The SMILES string of the molecule is CCOc1c(I)cc(I)cc1/C=C1/SC(=O)N(CCc2ccccc2)C1=O. The summed E-state index contributed by atoms with van der Waals surface area (Å²) in [6.07, 6.45) is 2.42. The minimum atomic E-state index is -0.239. The fourth-order valence-corrected chi connectivity index (χ4v) is 5.60. The lowest BCUT2D eigenvalue weighted by Gasteiger charge is -2.12.